The van der Waals surface area contributed by atoms with Gasteiger partial charge < -0.3 is 4.74 Å². The summed E-state index contributed by atoms with van der Waals surface area (Å²) < 4.78 is 6.07. The summed E-state index contributed by atoms with van der Waals surface area (Å²) >= 11 is 0. The van der Waals surface area contributed by atoms with E-state index in [0.717, 1.165) is 0 Å². The summed E-state index contributed by atoms with van der Waals surface area (Å²) in [5.41, 5.74) is 0.166. The van der Waals surface area contributed by atoms with Crippen molar-refractivity contribution in [3.63, 3.8) is 0 Å². The molecular weight excluding hydrogens is 160 g/mol. The number of rotatable bonds is 2. The van der Waals surface area contributed by atoms with Crippen molar-refractivity contribution in [2.24, 2.45) is 11.8 Å². The highest BCUT2D eigenvalue weighted by Crippen LogP contribution is 2.41. The molecule has 1 rings (SSSR count). The minimum Gasteiger partial charge on any atom is -0.372 e. The zero-order valence-electron chi connectivity index (χ0n) is 9.05. The van der Waals surface area contributed by atoms with Gasteiger partial charge in [-0.2, -0.15) is 0 Å². The highest BCUT2D eigenvalue weighted by Gasteiger charge is 2.43. The van der Waals surface area contributed by atoms with Gasteiger partial charge >= 0.3 is 0 Å². The van der Waals surface area contributed by atoms with E-state index in [-0.39, 0.29) is 13.0 Å². The van der Waals surface area contributed by atoms with Gasteiger partial charge in [-0.25, -0.2) is 0 Å². The maximum absolute atomic E-state index is 6.07. The largest absolute Gasteiger partial charge is 0.372 e. The molecule has 0 radical (unpaired) electrons. The third-order valence-electron chi connectivity index (χ3n) is 3.32. The van der Waals surface area contributed by atoms with E-state index in [4.69, 9.17) is 4.74 Å². The minimum absolute atomic E-state index is 0. The molecule has 1 nitrogen and oxygen atoms in total. The van der Waals surface area contributed by atoms with Crippen molar-refractivity contribution < 1.29 is 4.74 Å². The first-order valence-corrected chi connectivity index (χ1v) is 5.17. The molecule has 0 aliphatic carbocycles. The highest BCUT2D eigenvalue weighted by molar-refractivity contribution is 4.92. The molecule has 0 saturated carbocycles. The number of hydrogen-bond donors (Lipinski definition) is 0. The Morgan fingerprint density at radius 3 is 1.77 bits per heavy atom. The van der Waals surface area contributed by atoms with Crippen LogP contribution in [-0.4, -0.2) is 11.7 Å². The van der Waals surface area contributed by atoms with Crippen molar-refractivity contribution in [3.8, 4) is 0 Å². The van der Waals surface area contributed by atoms with Crippen LogP contribution in [0.5, 0.6) is 0 Å². The van der Waals surface area contributed by atoms with Crippen LogP contribution in [-0.2, 0) is 4.74 Å². The topological polar surface area (TPSA) is 9.23 Å². The van der Waals surface area contributed by atoms with Crippen molar-refractivity contribution in [2.75, 3.05) is 0 Å². The molecule has 1 atom stereocenters. The monoisotopic (exact) mass is 186 g/mol. The van der Waals surface area contributed by atoms with Gasteiger partial charge in [0.2, 0.25) is 0 Å². The molecule has 13 heavy (non-hydrogen) atoms. The molecule has 0 aromatic carbocycles. The lowest BCUT2D eigenvalue weighted by atomic mass is 9.78. The second-order valence-corrected chi connectivity index (χ2v) is 4.73. The molecule has 0 aromatic rings. The molecule has 1 saturated heterocycles. The van der Waals surface area contributed by atoms with E-state index >= 15 is 0 Å². The molecule has 0 bridgehead atoms. The molecule has 0 N–H and O–H groups in total. The van der Waals surface area contributed by atoms with Crippen LogP contribution in [0.1, 0.15) is 54.9 Å². The fourth-order valence-corrected chi connectivity index (χ4v) is 2.44. The van der Waals surface area contributed by atoms with Crippen molar-refractivity contribution in [1.29, 1.82) is 0 Å². The van der Waals surface area contributed by atoms with E-state index < -0.39 is 0 Å². The van der Waals surface area contributed by atoms with Gasteiger partial charge in [0, 0.05) is 0 Å². The Balaban J connectivity index is 0.00000144. The minimum atomic E-state index is 0. The predicted molar refractivity (Wildman–Crippen MR) is 58.9 cm³/mol. The van der Waals surface area contributed by atoms with Crippen molar-refractivity contribution in [2.45, 2.75) is 66.6 Å². The van der Waals surface area contributed by atoms with Gasteiger partial charge in [-0.05, 0) is 31.6 Å². The van der Waals surface area contributed by atoms with E-state index in [2.05, 4.69) is 34.6 Å². The second-order valence-electron chi connectivity index (χ2n) is 4.73. The summed E-state index contributed by atoms with van der Waals surface area (Å²) in [5.74, 6) is 1.28. The Labute approximate surface area is 83.9 Å². The summed E-state index contributed by atoms with van der Waals surface area (Å²) in [5, 5.41) is 0. The first kappa shape index (κ1) is 13.0. The Hall–Kier alpha value is -0.0400. The number of ether oxygens (including phenoxy) is 1. The Bertz CT molecular complexity index is 141. The van der Waals surface area contributed by atoms with Crippen LogP contribution >= 0.6 is 0 Å². The fourth-order valence-electron chi connectivity index (χ4n) is 2.44. The lowest BCUT2D eigenvalue weighted by molar-refractivity contribution is -0.0958. The van der Waals surface area contributed by atoms with Gasteiger partial charge in [-0.15, -0.1) is 0 Å². The van der Waals surface area contributed by atoms with Crippen LogP contribution in [0, 0.1) is 11.8 Å². The van der Waals surface area contributed by atoms with E-state index in [0.29, 0.717) is 17.9 Å². The highest BCUT2D eigenvalue weighted by atomic mass is 16.5. The maximum atomic E-state index is 6.07. The third-order valence-corrected chi connectivity index (χ3v) is 3.32. The normalized spacial score (nSPS) is 26.5. The second kappa shape index (κ2) is 4.45. The molecule has 0 spiro atoms. The first-order chi connectivity index (χ1) is 5.49. The third kappa shape index (κ3) is 2.25. The van der Waals surface area contributed by atoms with Crippen LogP contribution in [0.3, 0.4) is 0 Å². The molecule has 80 valence electrons. The molecule has 1 heterocycles. The molecule has 0 unspecified atom stereocenters. The van der Waals surface area contributed by atoms with Gasteiger partial charge in [0.1, 0.15) is 0 Å². The summed E-state index contributed by atoms with van der Waals surface area (Å²) in [6, 6.07) is 0. The summed E-state index contributed by atoms with van der Waals surface area (Å²) in [6.07, 6.45) is 2.94. The molecule has 1 aliphatic rings. The van der Waals surface area contributed by atoms with Crippen molar-refractivity contribution in [3.05, 3.63) is 0 Å². The van der Waals surface area contributed by atoms with Gasteiger partial charge in [-0.1, -0.05) is 35.1 Å². The van der Waals surface area contributed by atoms with Crippen molar-refractivity contribution >= 4 is 0 Å². The smallest absolute Gasteiger partial charge is 0.0732 e. The van der Waals surface area contributed by atoms with E-state index in [1.54, 1.807) is 0 Å². The van der Waals surface area contributed by atoms with E-state index in [1.807, 2.05) is 0 Å². The van der Waals surface area contributed by atoms with Crippen molar-refractivity contribution in [1.82, 2.24) is 0 Å². The lowest BCUT2D eigenvalue weighted by Gasteiger charge is -2.37. The zero-order chi connectivity index (χ0) is 9.35. The van der Waals surface area contributed by atoms with E-state index in [1.165, 1.54) is 12.8 Å². The molecule has 0 amide bonds. The number of hydrogen-bond acceptors (Lipinski definition) is 1. The van der Waals surface area contributed by atoms with Gasteiger partial charge in [0.15, 0.2) is 0 Å². The molecule has 1 fully saturated rings. The average Bonchev–Trinajstić information content (AvgIpc) is 2.32. The molecular formula is C12H26O. The first-order valence-electron chi connectivity index (χ1n) is 5.17. The standard InChI is InChI=1S/C11H22O.CH4/c1-8(2)11(9(3)4)7-6-10(5)12-11;/h8-10H,6-7H2,1-5H3;1H4/t10-;/m1./s1. The Kier molecular flexibility index (Phi) is 4.44. The predicted octanol–water partition coefficient (Wildman–Crippen LogP) is 3.87. The van der Waals surface area contributed by atoms with Gasteiger partial charge in [-0.3, -0.25) is 0 Å². The zero-order valence-corrected chi connectivity index (χ0v) is 9.05. The van der Waals surface area contributed by atoms with Gasteiger partial charge in [0.25, 0.3) is 0 Å². The Morgan fingerprint density at radius 1 is 1.15 bits per heavy atom. The molecule has 0 aromatic heterocycles. The van der Waals surface area contributed by atoms with Crippen LogP contribution in [0.25, 0.3) is 0 Å². The summed E-state index contributed by atoms with van der Waals surface area (Å²) in [4.78, 5) is 0. The van der Waals surface area contributed by atoms with Crippen LogP contribution in [0.15, 0.2) is 0 Å². The maximum Gasteiger partial charge on any atom is 0.0732 e. The Morgan fingerprint density at radius 2 is 1.62 bits per heavy atom. The molecule has 1 heteroatoms. The summed E-state index contributed by atoms with van der Waals surface area (Å²) in [6.45, 7) is 11.3. The summed E-state index contributed by atoms with van der Waals surface area (Å²) in [7, 11) is 0. The SMILES string of the molecule is C.CC(C)C1(C(C)C)CC[C@@H](C)O1. The molecule has 1 aliphatic heterocycles. The van der Waals surface area contributed by atoms with Crippen LogP contribution < -0.4 is 0 Å². The quantitative estimate of drug-likeness (QED) is 0.636. The van der Waals surface area contributed by atoms with Crippen LogP contribution in [0.4, 0.5) is 0 Å². The average molecular weight is 186 g/mol. The fraction of sp³-hybridized carbons (Fsp3) is 1.00. The van der Waals surface area contributed by atoms with E-state index in [9.17, 15) is 0 Å². The van der Waals surface area contributed by atoms with Gasteiger partial charge in [0.05, 0.1) is 11.7 Å². The lowest BCUT2D eigenvalue weighted by Crippen LogP contribution is -2.40. The van der Waals surface area contributed by atoms with Crippen LogP contribution in [0.2, 0.25) is 0 Å².